The van der Waals surface area contributed by atoms with Gasteiger partial charge in [0.15, 0.2) is 9.84 Å². The highest BCUT2D eigenvalue weighted by Crippen LogP contribution is 2.43. The largest absolute Gasteiger partial charge is 0.497 e. The minimum Gasteiger partial charge on any atom is -0.497 e. The van der Waals surface area contributed by atoms with Gasteiger partial charge in [0.2, 0.25) is 0 Å². The van der Waals surface area contributed by atoms with Gasteiger partial charge in [-0.25, -0.2) is 8.42 Å². The fourth-order valence-electron chi connectivity index (χ4n) is 5.05. The van der Waals surface area contributed by atoms with Crippen molar-refractivity contribution in [1.29, 1.82) is 0 Å². The third-order valence-corrected chi connectivity index (χ3v) is 8.44. The molecular weight excluding hydrogens is 462 g/mol. The number of ether oxygens (including phenoxy) is 2. The van der Waals surface area contributed by atoms with Crippen molar-refractivity contribution in [3.63, 3.8) is 0 Å². The molecule has 0 bridgehead atoms. The number of methoxy groups -OCH3 is 2. The van der Waals surface area contributed by atoms with Crippen LogP contribution in [0.4, 0.5) is 5.69 Å². The Hall–Kier alpha value is -2.97. The van der Waals surface area contributed by atoms with Crippen LogP contribution in [0.15, 0.2) is 72.5 Å². The molecule has 1 heterocycles. The molecule has 1 saturated heterocycles. The zero-order chi connectivity index (χ0) is 25.1. The van der Waals surface area contributed by atoms with Gasteiger partial charge in [0.1, 0.15) is 16.7 Å². The maximum Gasteiger partial charge on any atom is 0.156 e. The van der Waals surface area contributed by atoms with Crippen LogP contribution in [0, 0.1) is 0 Å². The Bertz CT molecular complexity index is 1170. The smallest absolute Gasteiger partial charge is 0.156 e. The van der Waals surface area contributed by atoms with Crippen LogP contribution in [-0.4, -0.2) is 70.8 Å². The molecule has 2 aromatic rings. The van der Waals surface area contributed by atoms with Crippen LogP contribution in [0.5, 0.6) is 11.5 Å². The zero-order valence-corrected chi connectivity index (χ0v) is 21.6. The number of benzene rings is 2. The average molecular weight is 498 g/mol. The number of allylic oxidation sites excluding steroid dienone is 1. The summed E-state index contributed by atoms with van der Waals surface area (Å²) in [6.45, 7) is 5.57. The first-order valence-corrected chi connectivity index (χ1v) is 13.8. The van der Waals surface area contributed by atoms with Crippen molar-refractivity contribution in [3.8, 4) is 11.5 Å². The zero-order valence-electron chi connectivity index (χ0n) is 20.8. The number of nitrogens with zero attached hydrogens (tertiary/aromatic N) is 1. The van der Waals surface area contributed by atoms with E-state index in [1.165, 1.54) is 6.26 Å². The standard InChI is InChI=1S/C27H35N3O4S/c1-20(21-16-24(33-2)18-25(17-21)34-3)27(29-22-8-6-5-7-9-22)19-23(30-14-12-28-13-15-30)10-11-26(27)35(4,31)32/h5-11,16-20,26,28-29H,12-15H2,1-4H3. The Balaban J connectivity index is 1.91. The second-order valence-electron chi connectivity index (χ2n) is 9.21. The number of nitrogens with one attached hydrogen (secondary N) is 2. The summed E-state index contributed by atoms with van der Waals surface area (Å²) in [4.78, 5) is 2.31. The molecule has 0 spiro atoms. The first kappa shape index (κ1) is 25.1. The lowest BCUT2D eigenvalue weighted by Crippen LogP contribution is -2.56. The van der Waals surface area contributed by atoms with Crippen molar-refractivity contribution in [1.82, 2.24) is 10.2 Å². The van der Waals surface area contributed by atoms with E-state index in [1.807, 2.05) is 60.7 Å². The quantitative estimate of drug-likeness (QED) is 0.578. The van der Waals surface area contributed by atoms with E-state index in [0.29, 0.717) is 11.5 Å². The fraction of sp³-hybridized carbons (Fsp3) is 0.407. The Morgan fingerprint density at radius 3 is 2.26 bits per heavy atom. The molecule has 35 heavy (non-hydrogen) atoms. The van der Waals surface area contributed by atoms with Crippen LogP contribution < -0.4 is 20.1 Å². The van der Waals surface area contributed by atoms with E-state index in [4.69, 9.17) is 9.47 Å². The minimum atomic E-state index is -3.48. The van der Waals surface area contributed by atoms with Crippen LogP contribution in [0.3, 0.4) is 0 Å². The number of hydrogen-bond donors (Lipinski definition) is 2. The molecule has 0 aromatic heterocycles. The predicted molar refractivity (Wildman–Crippen MR) is 141 cm³/mol. The van der Waals surface area contributed by atoms with Gasteiger partial charge in [0.05, 0.1) is 19.8 Å². The molecular formula is C27H35N3O4S. The van der Waals surface area contributed by atoms with Gasteiger partial charge in [-0.15, -0.1) is 0 Å². The molecule has 1 aliphatic carbocycles. The summed E-state index contributed by atoms with van der Waals surface area (Å²) in [5.74, 6) is 1.07. The molecule has 0 saturated carbocycles. The normalized spacial score (nSPS) is 23.4. The van der Waals surface area contributed by atoms with Crippen molar-refractivity contribution in [2.45, 2.75) is 23.6 Å². The summed E-state index contributed by atoms with van der Waals surface area (Å²) in [5, 5.41) is 6.27. The molecule has 2 aliphatic rings. The van der Waals surface area contributed by atoms with Crippen LogP contribution in [0.1, 0.15) is 18.4 Å². The van der Waals surface area contributed by atoms with Gasteiger partial charge in [-0.3, -0.25) is 0 Å². The summed E-state index contributed by atoms with van der Waals surface area (Å²) in [6, 6.07) is 15.5. The van der Waals surface area contributed by atoms with Gasteiger partial charge < -0.3 is 25.0 Å². The summed E-state index contributed by atoms with van der Waals surface area (Å²) in [5.41, 5.74) is 1.84. The number of piperazine rings is 1. The van der Waals surface area contributed by atoms with E-state index < -0.39 is 20.6 Å². The summed E-state index contributed by atoms with van der Waals surface area (Å²) in [7, 11) is -0.245. The maximum atomic E-state index is 13.3. The van der Waals surface area contributed by atoms with E-state index in [2.05, 4.69) is 28.5 Å². The van der Waals surface area contributed by atoms with Crippen molar-refractivity contribution in [3.05, 3.63) is 78.0 Å². The summed E-state index contributed by atoms with van der Waals surface area (Å²) < 4.78 is 37.6. The average Bonchev–Trinajstić information content (AvgIpc) is 2.88. The Kier molecular flexibility index (Phi) is 7.42. The fourth-order valence-corrected chi connectivity index (χ4v) is 6.45. The van der Waals surface area contributed by atoms with Gasteiger partial charge in [0, 0.05) is 55.8 Å². The SMILES string of the molecule is COc1cc(OC)cc(C(C)C2(Nc3ccccc3)C=C(N3CCNCC3)C=CC2S(C)(=O)=O)c1. The molecule has 0 radical (unpaired) electrons. The second-order valence-corrected chi connectivity index (χ2v) is 11.4. The van der Waals surface area contributed by atoms with E-state index in [1.54, 1.807) is 14.2 Å². The molecule has 1 fully saturated rings. The number of para-hydroxylation sites is 1. The van der Waals surface area contributed by atoms with E-state index in [9.17, 15) is 8.42 Å². The third kappa shape index (κ3) is 5.33. The Labute approximate surface area is 208 Å². The molecule has 7 nitrogen and oxygen atoms in total. The lowest BCUT2D eigenvalue weighted by Gasteiger charge is -2.46. The van der Waals surface area contributed by atoms with Gasteiger partial charge in [-0.05, 0) is 42.0 Å². The van der Waals surface area contributed by atoms with E-state index >= 15 is 0 Å². The molecule has 1 aliphatic heterocycles. The lowest BCUT2D eigenvalue weighted by atomic mass is 9.74. The highest BCUT2D eigenvalue weighted by atomic mass is 32.2. The molecule has 2 N–H and O–H groups in total. The lowest BCUT2D eigenvalue weighted by molar-refractivity contribution is 0.300. The van der Waals surface area contributed by atoms with Crippen LogP contribution in [0.2, 0.25) is 0 Å². The van der Waals surface area contributed by atoms with Gasteiger partial charge in [-0.2, -0.15) is 0 Å². The van der Waals surface area contributed by atoms with E-state index in [0.717, 1.165) is 43.1 Å². The molecule has 3 unspecified atom stereocenters. The minimum absolute atomic E-state index is 0.255. The highest BCUT2D eigenvalue weighted by molar-refractivity contribution is 7.91. The predicted octanol–water partition coefficient (Wildman–Crippen LogP) is 3.43. The highest BCUT2D eigenvalue weighted by Gasteiger charge is 2.48. The van der Waals surface area contributed by atoms with E-state index in [-0.39, 0.29) is 5.92 Å². The summed E-state index contributed by atoms with van der Waals surface area (Å²) >= 11 is 0. The summed E-state index contributed by atoms with van der Waals surface area (Å²) in [6.07, 6.45) is 7.23. The van der Waals surface area contributed by atoms with Crippen molar-refractivity contribution < 1.29 is 17.9 Å². The van der Waals surface area contributed by atoms with Gasteiger partial charge >= 0.3 is 0 Å². The molecule has 3 atom stereocenters. The number of rotatable bonds is 8. The van der Waals surface area contributed by atoms with Crippen molar-refractivity contribution in [2.75, 3.05) is 52.0 Å². The number of sulfone groups is 1. The molecule has 0 amide bonds. The van der Waals surface area contributed by atoms with Crippen molar-refractivity contribution in [2.24, 2.45) is 0 Å². The Morgan fingerprint density at radius 1 is 1.06 bits per heavy atom. The topological polar surface area (TPSA) is 79.9 Å². The molecule has 188 valence electrons. The van der Waals surface area contributed by atoms with Gasteiger partial charge in [-0.1, -0.05) is 31.2 Å². The molecule has 8 heteroatoms. The van der Waals surface area contributed by atoms with Crippen LogP contribution in [-0.2, 0) is 9.84 Å². The molecule has 4 rings (SSSR count). The monoisotopic (exact) mass is 497 g/mol. The maximum absolute atomic E-state index is 13.3. The second kappa shape index (κ2) is 10.3. The number of hydrogen-bond acceptors (Lipinski definition) is 7. The van der Waals surface area contributed by atoms with Crippen LogP contribution >= 0.6 is 0 Å². The first-order valence-electron chi connectivity index (χ1n) is 11.9. The van der Waals surface area contributed by atoms with Gasteiger partial charge in [0.25, 0.3) is 0 Å². The Morgan fingerprint density at radius 2 is 1.69 bits per heavy atom. The molecule has 2 aromatic carbocycles. The number of anilines is 1. The van der Waals surface area contributed by atoms with Crippen molar-refractivity contribution >= 4 is 15.5 Å². The van der Waals surface area contributed by atoms with Crippen LogP contribution in [0.25, 0.3) is 0 Å². The first-order chi connectivity index (χ1) is 16.8. The third-order valence-electron chi connectivity index (χ3n) is 6.97.